The van der Waals surface area contributed by atoms with Crippen LogP contribution >= 0.6 is 0 Å². The molecule has 4 aliphatic heterocycles. The molecule has 8 rings (SSSR count). The largest absolute Gasteiger partial charge is 0.462 e. The van der Waals surface area contributed by atoms with E-state index in [4.69, 9.17) is 56.8 Å². The average molecular weight is 985 g/mol. The smallest absolute Gasteiger partial charge is 0.302 e. The zero-order chi connectivity index (χ0) is 50.2. The predicted molar refractivity (Wildman–Crippen MR) is 241 cm³/mol. The van der Waals surface area contributed by atoms with E-state index in [2.05, 4.69) is 6.92 Å². The standard InChI is InChI=1S/C50H80O19/c1-24-42(54)33(58-9)20-39(61-24)68-44-27(4)64-41(22-35(44)60-11)69-45-26(3)63-40(21-34(45)59-10)67-43-25(2)62-38(19-32(43)53)66-31-13-14-46(7)30(18-31)12-15-49(56)36(46)23-37(65-29(6)52)47(8)48(55,28(5)51)16-17-50(47,49)57/h12,24-27,31-45,53-57H,13-23H2,1-11H3/t24-,25+,26-,27+,31+,32+,33-,34+,35+,36-,37+,38+,39+,40+,41+,42+,43-,44-,45-,46+,47+,48-,49+,50-/m1/s1. The number of hydrogen-bond donors (Lipinski definition) is 5. The highest BCUT2D eigenvalue weighted by Crippen LogP contribution is 2.71. The van der Waals surface area contributed by atoms with E-state index in [1.165, 1.54) is 13.8 Å². The van der Waals surface area contributed by atoms with Crippen molar-refractivity contribution in [1.82, 2.24) is 0 Å². The molecule has 4 aliphatic carbocycles. The van der Waals surface area contributed by atoms with Gasteiger partial charge < -0.3 is 82.4 Å². The molecule has 19 nitrogen and oxygen atoms in total. The SMILES string of the molecule is CO[C@H]1C[C@H](O[C@H]2[C@@H](OC)C[C@H](O[C@@H]3[C@H](C)O[C@@H](O[C@H]4CC[C@@]5(C)C(=CC[C@]6(O)[C@@H]5C[C@H](OC(C)=O)[C@]5(C)[C@]6(O)CC[C@@]5(O)C(C)=O)C4)C[C@@H]3O)O[C@@H]2C)O[C@@H](C)[C@H]1O[C@H]1C[C@@H](OC)[C@@H](O)[C@@H](C)O1. The van der Waals surface area contributed by atoms with Crippen molar-refractivity contribution in [1.29, 1.82) is 0 Å². The van der Waals surface area contributed by atoms with Gasteiger partial charge in [-0.1, -0.05) is 18.6 Å². The first-order chi connectivity index (χ1) is 32.5. The summed E-state index contributed by atoms with van der Waals surface area (Å²) < 4.78 is 74.1. The fraction of sp³-hybridized carbons (Fsp3) is 0.920. The van der Waals surface area contributed by atoms with Crippen molar-refractivity contribution < 1.29 is 92.0 Å². The monoisotopic (exact) mass is 985 g/mol. The lowest BCUT2D eigenvalue weighted by molar-refractivity contribution is -0.346. The molecule has 24 atom stereocenters. The van der Waals surface area contributed by atoms with Crippen LogP contribution in [-0.4, -0.2) is 186 Å². The molecule has 0 spiro atoms. The van der Waals surface area contributed by atoms with Crippen LogP contribution in [0.2, 0.25) is 0 Å². The van der Waals surface area contributed by atoms with Crippen molar-refractivity contribution in [3.05, 3.63) is 11.6 Å². The molecule has 0 aromatic rings. The fourth-order valence-electron chi connectivity index (χ4n) is 14.1. The molecule has 4 heterocycles. The molecule has 19 heteroatoms. The molecular weight excluding hydrogens is 905 g/mol. The van der Waals surface area contributed by atoms with Crippen molar-refractivity contribution in [2.75, 3.05) is 21.3 Å². The Morgan fingerprint density at radius 2 is 1.16 bits per heavy atom. The van der Waals surface area contributed by atoms with Gasteiger partial charge in [0.1, 0.15) is 47.3 Å². The maximum Gasteiger partial charge on any atom is 0.302 e. The summed E-state index contributed by atoms with van der Waals surface area (Å²) in [6.45, 7) is 13.6. The number of hydrogen-bond acceptors (Lipinski definition) is 19. The second-order valence-electron chi connectivity index (χ2n) is 21.8. The third kappa shape index (κ3) is 9.21. The first kappa shape index (κ1) is 53.5. The number of ketones is 1. The molecule has 4 saturated heterocycles. The van der Waals surface area contributed by atoms with Crippen LogP contribution in [-0.2, 0) is 66.4 Å². The summed E-state index contributed by atoms with van der Waals surface area (Å²) in [7, 11) is 4.78. The Bertz CT molecular complexity index is 1860. The molecular formula is C50H80O19. The maximum absolute atomic E-state index is 13.0. The van der Waals surface area contributed by atoms with E-state index < -0.39 is 144 Å². The molecule has 0 radical (unpaired) electrons. The maximum atomic E-state index is 13.0. The van der Waals surface area contributed by atoms with Gasteiger partial charge in [0.25, 0.3) is 0 Å². The summed E-state index contributed by atoms with van der Waals surface area (Å²) in [5, 5.41) is 59.2. The Labute approximate surface area is 406 Å². The van der Waals surface area contributed by atoms with Gasteiger partial charge in [-0.3, -0.25) is 9.59 Å². The van der Waals surface area contributed by atoms with Crippen LogP contribution < -0.4 is 0 Å². The molecule has 7 fully saturated rings. The van der Waals surface area contributed by atoms with E-state index in [9.17, 15) is 35.1 Å². The average Bonchev–Trinajstić information content (AvgIpc) is 3.52. The molecule has 0 amide bonds. The lowest BCUT2D eigenvalue weighted by Gasteiger charge is -2.67. The topological polar surface area (TPSA) is 246 Å². The van der Waals surface area contributed by atoms with Crippen LogP contribution in [0.4, 0.5) is 0 Å². The summed E-state index contributed by atoms with van der Waals surface area (Å²) in [4.78, 5) is 25.5. The Morgan fingerprint density at radius 3 is 1.68 bits per heavy atom. The number of aliphatic hydroxyl groups is 5. The van der Waals surface area contributed by atoms with Crippen LogP contribution in [0.25, 0.3) is 0 Å². The van der Waals surface area contributed by atoms with Gasteiger partial charge in [-0.15, -0.1) is 0 Å². The van der Waals surface area contributed by atoms with Crippen LogP contribution in [0.1, 0.15) is 126 Å². The van der Waals surface area contributed by atoms with Crippen molar-refractivity contribution in [3.8, 4) is 0 Å². The third-order valence-electron chi connectivity index (χ3n) is 18.2. The van der Waals surface area contributed by atoms with Crippen molar-refractivity contribution >= 4 is 11.8 Å². The predicted octanol–water partition coefficient (Wildman–Crippen LogP) is 2.89. The van der Waals surface area contributed by atoms with Gasteiger partial charge >= 0.3 is 5.97 Å². The summed E-state index contributed by atoms with van der Waals surface area (Å²) >= 11 is 0. The molecule has 0 bridgehead atoms. The van der Waals surface area contributed by atoms with E-state index in [1.54, 1.807) is 35.2 Å². The van der Waals surface area contributed by atoms with Crippen molar-refractivity contribution in [3.63, 3.8) is 0 Å². The van der Waals surface area contributed by atoms with E-state index >= 15 is 0 Å². The second kappa shape index (κ2) is 20.2. The highest BCUT2D eigenvalue weighted by Gasteiger charge is 2.81. The Morgan fingerprint density at radius 1 is 0.652 bits per heavy atom. The zero-order valence-corrected chi connectivity index (χ0v) is 42.3. The van der Waals surface area contributed by atoms with E-state index in [0.717, 1.165) is 5.57 Å². The first-order valence-electron chi connectivity index (χ1n) is 25.2. The fourth-order valence-corrected chi connectivity index (χ4v) is 14.1. The number of ether oxygens (including phenoxy) is 12. The van der Waals surface area contributed by atoms with Crippen LogP contribution in [0, 0.1) is 16.7 Å². The molecule has 0 aromatic carbocycles. The number of aliphatic hydroxyl groups excluding tert-OH is 2. The lowest BCUT2D eigenvalue weighted by atomic mass is 9.42. The van der Waals surface area contributed by atoms with Gasteiger partial charge in [0.05, 0.1) is 60.4 Å². The van der Waals surface area contributed by atoms with Gasteiger partial charge in [0.2, 0.25) is 0 Å². The quantitative estimate of drug-likeness (QED) is 0.132. The Kier molecular flexibility index (Phi) is 15.6. The number of rotatable bonds is 13. The van der Waals surface area contributed by atoms with Gasteiger partial charge in [0, 0.05) is 59.9 Å². The summed E-state index contributed by atoms with van der Waals surface area (Å²) in [6.07, 6.45) is -5.60. The first-order valence-corrected chi connectivity index (χ1v) is 25.2. The summed E-state index contributed by atoms with van der Waals surface area (Å²) in [5.74, 6) is -1.68. The van der Waals surface area contributed by atoms with Crippen LogP contribution in [0.3, 0.4) is 0 Å². The minimum Gasteiger partial charge on any atom is -0.462 e. The normalized spacial score (nSPS) is 52.2. The zero-order valence-electron chi connectivity index (χ0n) is 42.3. The van der Waals surface area contributed by atoms with Gasteiger partial charge in [0.15, 0.2) is 30.9 Å². The van der Waals surface area contributed by atoms with Crippen molar-refractivity contribution in [2.45, 2.75) is 253 Å². The molecule has 69 heavy (non-hydrogen) atoms. The van der Waals surface area contributed by atoms with Crippen molar-refractivity contribution in [2.24, 2.45) is 16.7 Å². The van der Waals surface area contributed by atoms with E-state index in [0.29, 0.717) is 38.5 Å². The minimum absolute atomic E-state index is 0.0299. The molecule has 5 N–H and O–H groups in total. The molecule has 8 aliphatic rings. The number of Topliss-reactive ketones (excluding diaryl/α,β-unsaturated/α-hetero) is 1. The third-order valence-corrected chi connectivity index (χ3v) is 18.2. The Hall–Kier alpha value is -1.76. The molecule has 0 unspecified atom stereocenters. The van der Waals surface area contributed by atoms with Gasteiger partial charge in [-0.25, -0.2) is 0 Å². The number of esters is 1. The van der Waals surface area contributed by atoms with E-state index in [1.807, 2.05) is 26.8 Å². The number of carbonyl (C=O) groups is 2. The van der Waals surface area contributed by atoms with Crippen LogP contribution in [0.5, 0.6) is 0 Å². The van der Waals surface area contributed by atoms with Crippen LogP contribution in [0.15, 0.2) is 11.6 Å². The molecule has 0 aromatic heterocycles. The highest BCUT2D eigenvalue weighted by molar-refractivity contribution is 5.87. The molecule has 3 saturated carbocycles. The number of fused-ring (bicyclic) bond motifs is 5. The number of carbonyl (C=O) groups excluding carboxylic acids is 2. The summed E-state index contributed by atoms with van der Waals surface area (Å²) in [5.41, 5.74) is -6.82. The van der Waals surface area contributed by atoms with Gasteiger partial charge in [-0.2, -0.15) is 0 Å². The van der Waals surface area contributed by atoms with Gasteiger partial charge in [-0.05, 0) is 91.9 Å². The lowest BCUT2D eigenvalue weighted by Crippen LogP contribution is -2.78. The minimum atomic E-state index is -1.99. The molecule has 394 valence electrons. The highest BCUT2D eigenvalue weighted by atomic mass is 16.8. The van der Waals surface area contributed by atoms with E-state index in [-0.39, 0.29) is 44.3 Å². The summed E-state index contributed by atoms with van der Waals surface area (Å²) in [6, 6.07) is 0. The Balaban J connectivity index is 0.849. The number of methoxy groups -OCH3 is 3. The second-order valence-corrected chi connectivity index (χ2v) is 21.8.